The van der Waals surface area contributed by atoms with Gasteiger partial charge in [-0.1, -0.05) is 0 Å². The molecule has 2 aliphatic rings. The molecule has 0 aromatic carbocycles. The van der Waals surface area contributed by atoms with Crippen LogP contribution in [0.2, 0.25) is 57.7 Å². The van der Waals surface area contributed by atoms with E-state index in [9.17, 15) is 0 Å². The molecule has 0 saturated heterocycles. The predicted octanol–water partition coefficient (Wildman–Crippen LogP) is 7.09. The summed E-state index contributed by atoms with van der Waals surface area (Å²) in [6.45, 7) is 15.1. The Balaban J connectivity index is 2.13. The molecule has 0 atom stereocenters. The van der Waals surface area contributed by atoms with Crippen LogP contribution in [0.5, 0.6) is 0 Å². The summed E-state index contributed by atoms with van der Waals surface area (Å²) in [5.41, 5.74) is 0. The molecular weight excluding hydrogens is 475 g/mol. The monoisotopic (exact) mass is 510 g/mol. The Bertz CT molecular complexity index is 455. The fourth-order valence-electron chi connectivity index (χ4n) is 3.24. The average Bonchev–Trinajstić information content (AvgIpc) is 3.04. The molecule has 0 nitrogen and oxygen atoms in total. The van der Waals surface area contributed by atoms with Crippen LogP contribution in [0, 0.1) is 0 Å². The van der Waals surface area contributed by atoms with Crippen molar-refractivity contribution in [1.82, 2.24) is 0 Å². The zero-order valence-corrected chi connectivity index (χ0v) is 21.5. The molecule has 2 rings (SSSR count). The maximum absolute atomic E-state index is 2.58. The molecule has 0 aliphatic heterocycles. The van der Waals surface area contributed by atoms with Gasteiger partial charge in [-0.3, -0.25) is 0 Å². The Labute approximate surface area is 157 Å². The van der Waals surface area contributed by atoms with Crippen molar-refractivity contribution >= 4 is 16.1 Å². The van der Waals surface area contributed by atoms with E-state index in [-0.39, 0.29) is 0 Å². The molecule has 0 aromatic heterocycles. The molecule has 0 N–H and O–H groups in total. The van der Waals surface area contributed by atoms with Gasteiger partial charge in [0.2, 0.25) is 0 Å². The normalized spacial score (nSPS) is 21.3. The molecule has 0 amide bonds. The number of hydrogen-bond donors (Lipinski definition) is 0. The van der Waals surface area contributed by atoms with E-state index in [1.807, 2.05) is 0 Å². The summed E-state index contributed by atoms with van der Waals surface area (Å²) < 4.78 is 0.970. The molecule has 0 bridgehead atoms. The van der Waals surface area contributed by atoms with Crippen molar-refractivity contribution in [3.05, 3.63) is 48.6 Å². The van der Waals surface area contributed by atoms with Crippen molar-refractivity contribution in [2.75, 3.05) is 0 Å². The van der Waals surface area contributed by atoms with E-state index >= 15 is 0 Å². The minimum atomic E-state index is -0.966. The molecular formula is C20H34HfSi2. The molecule has 0 saturated carbocycles. The predicted molar refractivity (Wildman–Crippen MR) is 107 cm³/mol. The van der Waals surface area contributed by atoms with Gasteiger partial charge in [0.1, 0.15) is 0 Å². The van der Waals surface area contributed by atoms with Crippen molar-refractivity contribution in [2.45, 2.75) is 70.6 Å². The van der Waals surface area contributed by atoms with Crippen LogP contribution < -0.4 is 0 Å². The van der Waals surface area contributed by atoms with E-state index in [2.05, 4.69) is 87.9 Å². The summed E-state index contributed by atoms with van der Waals surface area (Å²) in [5, 5.41) is 0. The third-order valence-electron chi connectivity index (χ3n) is 4.84. The molecule has 0 aromatic rings. The van der Waals surface area contributed by atoms with Crippen LogP contribution in [0.15, 0.2) is 48.6 Å². The first-order chi connectivity index (χ1) is 10.5. The third kappa shape index (κ3) is 6.24. The van der Waals surface area contributed by atoms with Crippen LogP contribution in [-0.2, 0) is 22.9 Å². The van der Waals surface area contributed by atoms with Crippen LogP contribution in [0.3, 0.4) is 0 Å². The van der Waals surface area contributed by atoms with Crippen LogP contribution in [0.25, 0.3) is 0 Å². The molecule has 0 fully saturated rings. The van der Waals surface area contributed by atoms with E-state index < -0.39 is 39.1 Å². The Morgan fingerprint density at radius 2 is 0.913 bits per heavy atom. The van der Waals surface area contributed by atoms with E-state index in [0.717, 1.165) is 0 Å². The van der Waals surface area contributed by atoms with Gasteiger partial charge in [0.15, 0.2) is 0 Å². The Morgan fingerprint density at radius 1 is 0.609 bits per heavy atom. The van der Waals surface area contributed by atoms with Gasteiger partial charge >= 0.3 is 158 Å². The molecule has 23 heavy (non-hydrogen) atoms. The maximum atomic E-state index is 2.58. The van der Waals surface area contributed by atoms with Gasteiger partial charge in [-0.25, -0.2) is 0 Å². The van der Waals surface area contributed by atoms with E-state index in [0.29, 0.717) is 6.34 Å². The van der Waals surface area contributed by atoms with Gasteiger partial charge in [0.05, 0.1) is 0 Å². The summed E-state index contributed by atoms with van der Waals surface area (Å²) in [6, 6.07) is 2.93. The van der Waals surface area contributed by atoms with Crippen molar-refractivity contribution < 1.29 is 22.9 Å². The van der Waals surface area contributed by atoms with Crippen molar-refractivity contribution in [3.8, 4) is 0 Å². The second-order valence-electron chi connectivity index (χ2n) is 9.76. The quantitative estimate of drug-likeness (QED) is 0.307. The van der Waals surface area contributed by atoms with Gasteiger partial charge in [0, 0.05) is 0 Å². The van der Waals surface area contributed by atoms with Gasteiger partial charge < -0.3 is 0 Å². The summed E-state index contributed by atoms with van der Waals surface area (Å²) in [4.78, 5) is 0. The molecule has 126 valence electrons. The van der Waals surface area contributed by atoms with E-state index in [4.69, 9.17) is 0 Å². The van der Waals surface area contributed by atoms with Crippen LogP contribution in [0.1, 0.15) is 12.8 Å². The van der Waals surface area contributed by atoms with Crippen LogP contribution in [0.4, 0.5) is 0 Å². The summed E-state index contributed by atoms with van der Waals surface area (Å²) >= 11 is -0.910. The topological polar surface area (TPSA) is 0 Å². The van der Waals surface area contributed by atoms with Crippen molar-refractivity contribution in [3.63, 3.8) is 0 Å². The van der Waals surface area contributed by atoms with Gasteiger partial charge in [-0.05, 0) is 0 Å². The second kappa shape index (κ2) is 7.25. The Morgan fingerprint density at radius 3 is 1.17 bits per heavy atom. The zero-order chi connectivity index (χ0) is 17.2. The van der Waals surface area contributed by atoms with E-state index in [1.54, 1.807) is 0 Å². The first kappa shape index (κ1) is 19.6. The number of hydrogen-bond acceptors (Lipinski definition) is 0. The summed E-state index contributed by atoms with van der Waals surface area (Å²) in [5.74, 6) is 0. The van der Waals surface area contributed by atoms with Gasteiger partial charge in [-0.2, -0.15) is 0 Å². The molecule has 2 aliphatic carbocycles. The van der Waals surface area contributed by atoms with Gasteiger partial charge in [0.25, 0.3) is 0 Å². The first-order valence-corrected chi connectivity index (χ1v) is 20.1. The van der Waals surface area contributed by atoms with Gasteiger partial charge in [-0.15, -0.1) is 0 Å². The van der Waals surface area contributed by atoms with Crippen molar-refractivity contribution in [1.29, 1.82) is 0 Å². The summed E-state index contributed by atoms with van der Waals surface area (Å²) in [6.07, 6.45) is 22.4. The summed E-state index contributed by atoms with van der Waals surface area (Å²) in [7, 11) is -1.93. The standard InChI is InChI=1S/2C10H17Si.Hf/c2*1-11(2,3)9-8-10-6-4-5-7-10;/h2*4-7H,8-9H2,1-3H3;. The Kier molecular flexibility index (Phi) is 6.17. The average molecular weight is 509 g/mol. The van der Waals surface area contributed by atoms with Crippen LogP contribution in [-0.4, -0.2) is 16.1 Å². The minimum absolute atomic E-state index is 0.485. The molecule has 3 heteroatoms. The molecule has 0 unspecified atom stereocenters. The SMILES string of the molecule is C[Si](C)(C)CC[C]1([Hf][C]2(CC[Si](C)(C)C)C=CC=C2)C=CC=C1. The molecule has 0 radical (unpaired) electrons. The zero-order valence-electron chi connectivity index (χ0n) is 15.9. The number of allylic oxidation sites excluding steroid dienone is 8. The third-order valence-corrected chi connectivity index (χ3v) is 15.9. The molecule has 0 heterocycles. The first-order valence-electron chi connectivity index (χ1n) is 9.07. The second-order valence-corrected chi connectivity index (χ2v) is 28.6. The van der Waals surface area contributed by atoms with Crippen molar-refractivity contribution in [2.24, 2.45) is 0 Å². The fraction of sp³-hybridized carbons (Fsp3) is 0.600. The van der Waals surface area contributed by atoms with E-state index in [1.165, 1.54) is 24.9 Å². The van der Waals surface area contributed by atoms with Crippen LogP contribution >= 0.6 is 0 Å². The number of rotatable bonds is 8. The fourth-order valence-corrected chi connectivity index (χ4v) is 14.9. The molecule has 0 spiro atoms. The Hall–Kier alpha value is 0.264.